The first-order chi connectivity index (χ1) is 17.5. The second kappa shape index (κ2) is 12.2. The van der Waals surface area contributed by atoms with Crippen LogP contribution in [0.25, 0.3) is 10.9 Å². The van der Waals surface area contributed by atoms with E-state index in [2.05, 4.69) is 27.8 Å². The van der Waals surface area contributed by atoms with Crippen LogP contribution in [0.4, 0.5) is 0 Å². The van der Waals surface area contributed by atoms with E-state index in [0.717, 1.165) is 10.9 Å². The maximum absolute atomic E-state index is 13.4. The topological polar surface area (TPSA) is 101 Å². The maximum Gasteiger partial charge on any atom is 0.273 e. The van der Waals surface area contributed by atoms with Gasteiger partial charge in [0.15, 0.2) is 0 Å². The van der Waals surface area contributed by atoms with E-state index in [4.69, 9.17) is 4.74 Å². The van der Waals surface area contributed by atoms with Crippen LogP contribution in [0.3, 0.4) is 0 Å². The number of fused-ring (bicyclic) bond motifs is 1. The molecule has 2 heterocycles. The Hall–Kier alpha value is -3.94. The fourth-order valence-electron chi connectivity index (χ4n) is 4.55. The highest BCUT2D eigenvalue weighted by Crippen LogP contribution is 2.26. The Kier molecular flexibility index (Phi) is 8.49. The van der Waals surface area contributed by atoms with Crippen LogP contribution in [0, 0.1) is 0 Å². The van der Waals surface area contributed by atoms with Gasteiger partial charge in [-0.25, -0.2) is 4.98 Å². The summed E-state index contributed by atoms with van der Waals surface area (Å²) in [5.41, 5.74) is 2.01. The molecule has 0 bridgehead atoms. The van der Waals surface area contributed by atoms with Gasteiger partial charge in [-0.3, -0.25) is 14.4 Å². The van der Waals surface area contributed by atoms with Crippen LogP contribution in [0.2, 0.25) is 0 Å². The fraction of sp³-hybridized carbons (Fsp3) is 0.357. The highest BCUT2D eigenvalue weighted by Gasteiger charge is 2.22. The highest BCUT2D eigenvalue weighted by molar-refractivity contribution is 5.98. The molecule has 3 aromatic rings. The molecule has 1 unspecified atom stereocenters. The van der Waals surface area contributed by atoms with Gasteiger partial charge in [-0.1, -0.05) is 42.5 Å². The summed E-state index contributed by atoms with van der Waals surface area (Å²) in [4.78, 5) is 44.7. The van der Waals surface area contributed by atoms with E-state index < -0.39 is 0 Å². The molecule has 188 valence electrons. The van der Waals surface area contributed by atoms with E-state index in [1.54, 1.807) is 13.2 Å². The first-order valence-electron chi connectivity index (χ1n) is 12.4. The van der Waals surface area contributed by atoms with Crippen LogP contribution >= 0.6 is 0 Å². The summed E-state index contributed by atoms with van der Waals surface area (Å²) in [5.74, 6) is 0.136. The van der Waals surface area contributed by atoms with Crippen LogP contribution in [-0.2, 0) is 9.59 Å². The number of ether oxygens (including phenoxy) is 1. The van der Waals surface area contributed by atoms with Crippen molar-refractivity contribution in [1.82, 2.24) is 20.5 Å². The van der Waals surface area contributed by atoms with Crippen molar-refractivity contribution >= 4 is 28.6 Å². The molecule has 0 aliphatic carbocycles. The van der Waals surface area contributed by atoms with Gasteiger partial charge < -0.3 is 20.3 Å². The average Bonchev–Trinajstić information content (AvgIpc) is 2.91. The maximum atomic E-state index is 13.4. The van der Waals surface area contributed by atoms with Crippen molar-refractivity contribution in [2.75, 3.05) is 33.3 Å². The Bertz CT molecular complexity index is 1210. The van der Waals surface area contributed by atoms with Gasteiger partial charge in [-0.2, -0.15) is 0 Å². The first-order valence-corrected chi connectivity index (χ1v) is 12.4. The van der Waals surface area contributed by atoms with Gasteiger partial charge in [-0.15, -0.1) is 0 Å². The second-order valence-corrected chi connectivity index (χ2v) is 8.94. The number of hydrogen-bond acceptors (Lipinski definition) is 5. The number of methoxy groups -OCH3 is 1. The minimum absolute atomic E-state index is 0.00386. The molecule has 1 fully saturated rings. The van der Waals surface area contributed by atoms with Gasteiger partial charge in [-0.05, 0) is 42.9 Å². The van der Waals surface area contributed by atoms with Crippen LogP contribution in [-0.4, -0.2) is 60.9 Å². The molecule has 0 spiro atoms. The minimum atomic E-state index is -0.352. The third kappa shape index (κ3) is 6.38. The molecule has 3 amide bonds. The molecule has 8 nitrogen and oxygen atoms in total. The largest absolute Gasteiger partial charge is 0.496 e. The zero-order chi connectivity index (χ0) is 25.3. The smallest absolute Gasteiger partial charge is 0.273 e. The van der Waals surface area contributed by atoms with E-state index in [9.17, 15) is 14.4 Å². The first kappa shape index (κ1) is 25.2. The molecular weight excluding hydrogens is 456 g/mol. The van der Waals surface area contributed by atoms with E-state index in [1.165, 1.54) is 4.90 Å². The Morgan fingerprint density at radius 2 is 1.72 bits per heavy atom. The van der Waals surface area contributed by atoms with Crippen LogP contribution in [0.5, 0.6) is 5.75 Å². The normalized spacial score (nSPS) is 18.1. The van der Waals surface area contributed by atoms with E-state index in [1.807, 2.05) is 42.5 Å². The molecule has 8 heteroatoms. The van der Waals surface area contributed by atoms with Crippen molar-refractivity contribution in [3.63, 3.8) is 0 Å². The highest BCUT2D eigenvalue weighted by atomic mass is 16.5. The van der Waals surface area contributed by atoms with Crippen molar-refractivity contribution in [3.8, 4) is 5.75 Å². The number of carbonyl (C=O) groups is 3. The summed E-state index contributed by atoms with van der Waals surface area (Å²) in [6, 6.07) is 19.1. The molecule has 2 N–H and O–H groups in total. The minimum Gasteiger partial charge on any atom is -0.496 e. The van der Waals surface area contributed by atoms with E-state index in [0.29, 0.717) is 56.6 Å². The SMILES string of the molecule is COc1cc(C(=O)N2CCCNC(=O)CCC(c3ccccc3)CCNC(=O)C2)nc2ccccc12. The number of carbonyl (C=O) groups excluding carboxylic acids is 3. The fourth-order valence-corrected chi connectivity index (χ4v) is 4.55. The number of para-hydroxylation sites is 1. The molecule has 1 atom stereocenters. The number of nitrogens with one attached hydrogen (secondary N) is 2. The lowest BCUT2D eigenvalue weighted by Crippen LogP contribution is -2.43. The third-order valence-corrected chi connectivity index (χ3v) is 6.47. The van der Waals surface area contributed by atoms with E-state index >= 15 is 0 Å². The molecule has 1 aliphatic rings. The molecule has 0 radical (unpaired) electrons. The predicted molar refractivity (Wildman–Crippen MR) is 138 cm³/mol. The second-order valence-electron chi connectivity index (χ2n) is 8.94. The number of rotatable bonds is 3. The summed E-state index contributed by atoms with van der Waals surface area (Å²) >= 11 is 0. The Balaban J connectivity index is 1.51. The molecule has 4 rings (SSSR count). The summed E-state index contributed by atoms with van der Waals surface area (Å²) in [5, 5.41) is 6.72. The van der Waals surface area contributed by atoms with Gasteiger partial charge in [0.1, 0.15) is 11.4 Å². The number of nitrogens with zero attached hydrogens (tertiary/aromatic N) is 2. The van der Waals surface area contributed by atoms with Gasteiger partial charge >= 0.3 is 0 Å². The van der Waals surface area contributed by atoms with Crippen molar-refractivity contribution in [2.24, 2.45) is 0 Å². The zero-order valence-corrected chi connectivity index (χ0v) is 20.5. The van der Waals surface area contributed by atoms with Gasteiger partial charge in [0.25, 0.3) is 5.91 Å². The number of hydrogen-bond donors (Lipinski definition) is 2. The number of aromatic nitrogens is 1. The van der Waals surface area contributed by atoms with Crippen molar-refractivity contribution in [1.29, 1.82) is 0 Å². The molecule has 0 saturated carbocycles. The molecular formula is C28H32N4O4. The summed E-state index contributed by atoms with van der Waals surface area (Å²) < 4.78 is 5.48. The third-order valence-electron chi connectivity index (χ3n) is 6.47. The Labute approximate surface area is 211 Å². The zero-order valence-electron chi connectivity index (χ0n) is 20.5. The lowest BCUT2D eigenvalue weighted by Gasteiger charge is -2.24. The Morgan fingerprint density at radius 3 is 2.53 bits per heavy atom. The number of pyridine rings is 1. The monoisotopic (exact) mass is 488 g/mol. The summed E-state index contributed by atoms with van der Waals surface area (Å²) in [6.45, 7) is 1.12. The van der Waals surface area contributed by atoms with Gasteiger partial charge in [0, 0.05) is 37.5 Å². The Morgan fingerprint density at radius 1 is 0.972 bits per heavy atom. The number of benzene rings is 2. The summed E-state index contributed by atoms with van der Waals surface area (Å²) in [7, 11) is 1.55. The van der Waals surface area contributed by atoms with Crippen molar-refractivity contribution < 1.29 is 19.1 Å². The molecule has 1 aromatic heterocycles. The average molecular weight is 489 g/mol. The molecule has 2 aromatic carbocycles. The standard InChI is InChI=1S/C28H32N4O4/c1-36-25-18-24(31-23-11-6-5-10-22(23)25)28(35)32-17-7-15-29-26(33)13-12-21(14-16-30-27(34)19-32)20-8-3-2-4-9-20/h2-6,8-11,18,21H,7,12-17,19H2,1H3,(H,29,33)(H,30,34). The van der Waals surface area contributed by atoms with E-state index in [-0.39, 0.29) is 35.9 Å². The number of amides is 3. The predicted octanol–water partition coefficient (Wildman–Crippen LogP) is 3.28. The quantitative estimate of drug-likeness (QED) is 0.589. The van der Waals surface area contributed by atoms with Crippen molar-refractivity contribution in [2.45, 2.75) is 31.6 Å². The summed E-state index contributed by atoms with van der Waals surface area (Å²) in [6.07, 6.45) is 2.36. The van der Waals surface area contributed by atoms with Crippen LogP contribution < -0.4 is 15.4 Å². The van der Waals surface area contributed by atoms with Crippen LogP contribution in [0.1, 0.15) is 47.7 Å². The molecule has 1 aliphatic heterocycles. The molecule has 1 saturated heterocycles. The van der Waals surface area contributed by atoms with Crippen LogP contribution in [0.15, 0.2) is 60.7 Å². The molecule has 36 heavy (non-hydrogen) atoms. The van der Waals surface area contributed by atoms with Gasteiger partial charge in [0.2, 0.25) is 11.8 Å². The van der Waals surface area contributed by atoms with Crippen molar-refractivity contribution in [3.05, 3.63) is 71.9 Å². The van der Waals surface area contributed by atoms with Gasteiger partial charge in [0.05, 0.1) is 19.2 Å². The lowest BCUT2D eigenvalue weighted by atomic mass is 9.91. The lowest BCUT2D eigenvalue weighted by molar-refractivity contribution is -0.123.